The minimum atomic E-state index is -0.310. The van der Waals surface area contributed by atoms with Crippen LogP contribution >= 0.6 is 15.9 Å². The average Bonchev–Trinajstić information content (AvgIpc) is 3.19. The number of carbonyl (C=O) groups is 1. The first kappa shape index (κ1) is 21.8. The van der Waals surface area contributed by atoms with Gasteiger partial charge in [0.15, 0.2) is 0 Å². The van der Waals surface area contributed by atoms with Crippen LogP contribution in [0.2, 0.25) is 0 Å². The number of fused-ring (bicyclic) bond motifs is 1. The lowest BCUT2D eigenvalue weighted by molar-refractivity contribution is -0.121. The Labute approximate surface area is 200 Å². The molecule has 2 heterocycles. The molecule has 3 aromatic carbocycles. The smallest absolute Gasteiger partial charge is 0.227 e. The number of halogens is 2. The van der Waals surface area contributed by atoms with E-state index in [1.807, 2.05) is 30.3 Å². The summed E-state index contributed by atoms with van der Waals surface area (Å²) in [5.41, 5.74) is 3.77. The van der Waals surface area contributed by atoms with Crippen LogP contribution in [0.4, 0.5) is 10.1 Å². The summed E-state index contributed by atoms with van der Waals surface area (Å²) in [6.07, 6.45) is 1.57. The summed E-state index contributed by atoms with van der Waals surface area (Å²) >= 11 is 3.52. The number of anilines is 1. The molecular formula is C26H24BrFN4O. The first-order valence-electron chi connectivity index (χ1n) is 11.1. The van der Waals surface area contributed by atoms with Crippen LogP contribution in [0, 0.1) is 11.7 Å². The third kappa shape index (κ3) is 4.84. The summed E-state index contributed by atoms with van der Waals surface area (Å²) in [7, 11) is 0. The molecule has 7 heteroatoms. The molecule has 0 aliphatic carbocycles. The second-order valence-corrected chi connectivity index (χ2v) is 9.29. The van der Waals surface area contributed by atoms with Crippen LogP contribution in [0.25, 0.3) is 16.7 Å². The van der Waals surface area contributed by atoms with Gasteiger partial charge in [-0.1, -0.05) is 28.1 Å². The van der Waals surface area contributed by atoms with Crippen molar-refractivity contribution in [3.05, 3.63) is 88.9 Å². The first-order valence-corrected chi connectivity index (χ1v) is 11.9. The molecule has 1 aromatic heterocycles. The fourth-order valence-electron chi connectivity index (χ4n) is 4.39. The van der Waals surface area contributed by atoms with E-state index in [0.717, 1.165) is 59.5 Å². The second kappa shape index (κ2) is 9.45. The van der Waals surface area contributed by atoms with Gasteiger partial charge in [-0.25, -0.2) is 9.37 Å². The minimum Gasteiger partial charge on any atom is -0.326 e. The van der Waals surface area contributed by atoms with Crippen LogP contribution in [0.5, 0.6) is 0 Å². The summed E-state index contributed by atoms with van der Waals surface area (Å²) in [6.45, 7) is 2.37. The third-order valence-electron chi connectivity index (χ3n) is 6.15. The van der Waals surface area contributed by atoms with Crippen molar-refractivity contribution in [2.45, 2.75) is 19.4 Å². The van der Waals surface area contributed by atoms with Gasteiger partial charge in [-0.2, -0.15) is 0 Å². The van der Waals surface area contributed by atoms with E-state index in [4.69, 9.17) is 4.98 Å². The maximum Gasteiger partial charge on any atom is 0.227 e. The number of para-hydroxylation sites is 2. The van der Waals surface area contributed by atoms with E-state index in [1.54, 1.807) is 12.1 Å². The fourth-order valence-corrected chi connectivity index (χ4v) is 4.66. The molecule has 0 bridgehead atoms. The number of nitrogens with zero attached hydrogens (tertiary/aromatic N) is 3. The normalized spacial score (nSPS) is 15.1. The Kier molecular flexibility index (Phi) is 6.24. The Morgan fingerprint density at radius 1 is 1.00 bits per heavy atom. The lowest BCUT2D eigenvalue weighted by Crippen LogP contribution is -2.38. The van der Waals surface area contributed by atoms with Gasteiger partial charge in [-0.05, 0) is 86.6 Å². The van der Waals surface area contributed by atoms with Crippen LogP contribution in [-0.4, -0.2) is 33.4 Å². The standard InChI is InChI=1S/C26H24BrFN4O/c27-19-5-11-22(12-6-19)32-24-4-2-1-3-23(24)30-25(32)17-31-15-13-18(14-16-31)26(33)29-21-9-7-20(28)8-10-21/h1-12,18H,13-17H2,(H,29,33). The number of rotatable bonds is 5. The summed E-state index contributed by atoms with van der Waals surface area (Å²) < 4.78 is 16.4. The number of nitrogens with one attached hydrogen (secondary N) is 1. The number of piperidine rings is 1. The molecule has 0 saturated carbocycles. The van der Waals surface area contributed by atoms with Crippen molar-refractivity contribution in [1.82, 2.24) is 14.5 Å². The van der Waals surface area contributed by atoms with Crippen LogP contribution in [0.15, 0.2) is 77.3 Å². The maximum absolute atomic E-state index is 13.1. The molecule has 1 amide bonds. The van der Waals surface area contributed by atoms with E-state index in [2.05, 4.69) is 48.9 Å². The van der Waals surface area contributed by atoms with E-state index < -0.39 is 0 Å². The zero-order valence-corrected chi connectivity index (χ0v) is 19.6. The Balaban J connectivity index is 1.28. The van der Waals surface area contributed by atoms with Crippen LogP contribution in [0.1, 0.15) is 18.7 Å². The van der Waals surface area contributed by atoms with Crippen molar-refractivity contribution < 1.29 is 9.18 Å². The molecule has 0 atom stereocenters. The molecule has 1 aliphatic rings. The van der Waals surface area contributed by atoms with Gasteiger partial charge in [0, 0.05) is 21.8 Å². The van der Waals surface area contributed by atoms with Crippen molar-refractivity contribution in [2.75, 3.05) is 18.4 Å². The fraction of sp³-hybridized carbons (Fsp3) is 0.231. The Hall–Kier alpha value is -3.03. The molecule has 4 aromatic rings. The van der Waals surface area contributed by atoms with Crippen molar-refractivity contribution in [1.29, 1.82) is 0 Å². The van der Waals surface area contributed by atoms with Gasteiger partial charge in [0.1, 0.15) is 11.6 Å². The van der Waals surface area contributed by atoms with Crippen molar-refractivity contribution in [3.8, 4) is 5.69 Å². The largest absolute Gasteiger partial charge is 0.326 e. The minimum absolute atomic E-state index is 0.00311. The van der Waals surface area contributed by atoms with Gasteiger partial charge in [0.05, 0.1) is 17.6 Å². The highest BCUT2D eigenvalue weighted by molar-refractivity contribution is 9.10. The number of hydrogen-bond donors (Lipinski definition) is 1. The lowest BCUT2D eigenvalue weighted by atomic mass is 9.96. The number of likely N-dealkylation sites (tertiary alicyclic amines) is 1. The summed E-state index contributed by atoms with van der Waals surface area (Å²) in [4.78, 5) is 19.9. The quantitative estimate of drug-likeness (QED) is 0.373. The van der Waals surface area contributed by atoms with Crippen LogP contribution in [-0.2, 0) is 11.3 Å². The highest BCUT2D eigenvalue weighted by atomic mass is 79.9. The molecular weight excluding hydrogens is 483 g/mol. The highest BCUT2D eigenvalue weighted by Gasteiger charge is 2.26. The number of carbonyl (C=O) groups excluding carboxylic acids is 1. The Morgan fingerprint density at radius 3 is 2.42 bits per heavy atom. The maximum atomic E-state index is 13.1. The molecule has 5 nitrogen and oxygen atoms in total. The molecule has 33 heavy (non-hydrogen) atoms. The predicted molar refractivity (Wildman–Crippen MR) is 132 cm³/mol. The molecule has 168 valence electrons. The zero-order chi connectivity index (χ0) is 22.8. The number of amides is 1. The third-order valence-corrected chi connectivity index (χ3v) is 6.68. The molecule has 1 N–H and O–H groups in total. The SMILES string of the molecule is O=C(Nc1ccc(F)cc1)C1CCN(Cc2nc3ccccc3n2-c2ccc(Br)cc2)CC1. The Bertz CT molecular complexity index is 1260. The van der Waals surface area contributed by atoms with E-state index in [1.165, 1.54) is 12.1 Å². The van der Waals surface area contributed by atoms with Crippen molar-refractivity contribution in [2.24, 2.45) is 5.92 Å². The van der Waals surface area contributed by atoms with Gasteiger partial charge >= 0.3 is 0 Å². The van der Waals surface area contributed by atoms with Crippen LogP contribution < -0.4 is 5.32 Å². The van der Waals surface area contributed by atoms with Gasteiger partial charge in [0.25, 0.3) is 0 Å². The molecule has 5 rings (SSSR count). The van der Waals surface area contributed by atoms with Crippen molar-refractivity contribution in [3.63, 3.8) is 0 Å². The van der Waals surface area contributed by atoms with E-state index in [9.17, 15) is 9.18 Å². The number of hydrogen-bond acceptors (Lipinski definition) is 3. The predicted octanol–water partition coefficient (Wildman–Crippen LogP) is 5.78. The number of imidazole rings is 1. The van der Waals surface area contributed by atoms with E-state index >= 15 is 0 Å². The number of benzene rings is 3. The molecule has 0 radical (unpaired) electrons. The van der Waals surface area contributed by atoms with Crippen LogP contribution in [0.3, 0.4) is 0 Å². The molecule has 0 unspecified atom stereocenters. The van der Waals surface area contributed by atoms with Gasteiger partial charge in [-0.3, -0.25) is 14.3 Å². The van der Waals surface area contributed by atoms with Gasteiger partial charge in [-0.15, -0.1) is 0 Å². The van der Waals surface area contributed by atoms with E-state index in [-0.39, 0.29) is 17.6 Å². The van der Waals surface area contributed by atoms with E-state index in [0.29, 0.717) is 5.69 Å². The summed E-state index contributed by atoms with van der Waals surface area (Å²) in [5, 5.41) is 2.91. The lowest BCUT2D eigenvalue weighted by Gasteiger charge is -2.31. The monoisotopic (exact) mass is 506 g/mol. The molecule has 1 saturated heterocycles. The summed E-state index contributed by atoms with van der Waals surface area (Å²) in [6, 6.07) is 22.3. The molecule has 1 aliphatic heterocycles. The average molecular weight is 507 g/mol. The van der Waals surface area contributed by atoms with Gasteiger partial charge in [0.2, 0.25) is 5.91 Å². The summed E-state index contributed by atoms with van der Waals surface area (Å²) in [5.74, 6) is 0.642. The highest BCUT2D eigenvalue weighted by Crippen LogP contribution is 2.26. The topological polar surface area (TPSA) is 50.2 Å². The first-order chi connectivity index (χ1) is 16.1. The molecule has 0 spiro atoms. The molecule has 1 fully saturated rings. The Morgan fingerprint density at radius 2 is 1.70 bits per heavy atom. The van der Waals surface area contributed by atoms with Crippen molar-refractivity contribution >= 4 is 38.6 Å². The second-order valence-electron chi connectivity index (χ2n) is 8.38. The van der Waals surface area contributed by atoms with Gasteiger partial charge < -0.3 is 5.32 Å². The number of aromatic nitrogens is 2. The zero-order valence-electron chi connectivity index (χ0n) is 18.0.